The van der Waals surface area contributed by atoms with E-state index in [-0.39, 0.29) is 11.0 Å². The molecule has 21 heavy (non-hydrogen) atoms. The summed E-state index contributed by atoms with van der Waals surface area (Å²) in [7, 11) is 0. The van der Waals surface area contributed by atoms with Gasteiger partial charge in [0.05, 0.1) is 0 Å². The van der Waals surface area contributed by atoms with Gasteiger partial charge in [0, 0.05) is 17.7 Å². The Labute approximate surface area is 125 Å². The number of hydrogen-bond donors (Lipinski definition) is 3. The molecular weight excluding hydrogens is 276 g/mol. The molecule has 0 saturated heterocycles. The Bertz CT molecular complexity index is 386. The first kappa shape index (κ1) is 23.7. The van der Waals surface area contributed by atoms with Crippen LogP contribution in [0, 0.1) is 11.3 Å². The Kier molecular flexibility index (Phi) is 12.9. The lowest BCUT2D eigenvalue weighted by molar-refractivity contribution is -0.134. The second kappa shape index (κ2) is 11.5. The van der Waals surface area contributed by atoms with Gasteiger partial charge in [0.1, 0.15) is 0 Å². The van der Waals surface area contributed by atoms with Gasteiger partial charge in [-0.2, -0.15) is 0 Å². The highest BCUT2D eigenvalue weighted by Gasteiger charge is 2.29. The molecule has 0 spiro atoms. The van der Waals surface area contributed by atoms with E-state index in [0.29, 0.717) is 5.92 Å². The van der Waals surface area contributed by atoms with Gasteiger partial charge in [-0.15, -0.1) is 0 Å². The van der Waals surface area contributed by atoms with Gasteiger partial charge in [0.25, 0.3) is 0 Å². The second-order valence-corrected chi connectivity index (χ2v) is 4.74. The molecule has 0 radical (unpaired) electrons. The molecule has 0 aromatic heterocycles. The summed E-state index contributed by atoms with van der Waals surface area (Å²) in [5.74, 6) is -2.56. The summed E-state index contributed by atoms with van der Waals surface area (Å²) in [6.45, 7) is 17.3. The molecule has 0 aliphatic heterocycles. The van der Waals surface area contributed by atoms with Crippen LogP contribution < -0.4 is 0 Å². The molecule has 0 aromatic rings. The predicted molar refractivity (Wildman–Crippen MR) is 81.1 cm³/mol. The molecule has 0 bridgehead atoms. The van der Waals surface area contributed by atoms with Crippen molar-refractivity contribution in [1.82, 2.24) is 0 Å². The minimum Gasteiger partial charge on any atom is -0.478 e. The van der Waals surface area contributed by atoms with E-state index in [0.717, 1.165) is 12.2 Å². The summed E-state index contributed by atoms with van der Waals surface area (Å²) in [6, 6.07) is 0. The largest absolute Gasteiger partial charge is 0.478 e. The molecule has 0 aliphatic carbocycles. The van der Waals surface area contributed by atoms with Crippen LogP contribution in [0.4, 0.5) is 0 Å². The second-order valence-electron chi connectivity index (χ2n) is 4.74. The molecule has 3 N–H and O–H groups in total. The summed E-state index contributed by atoms with van der Waals surface area (Å²) >= 11 is 0. The van der Waals surface area contributed by atoms with Crippen molar-refractivity contribution < 1.29 is 29.7 Å². The minimum atomic E-state index is -0.981. The smallest absolute Gasteiger partial charge is 0.331 e. The predicted octanol–water partition coefficient (Wildman–Crippen LogP) is 2.82. The number of carbonyl (C=O) groups is 3. The van der Waals surface area contributed by atoms with Gasteiger partial charge in [0.15, 0.2) is 0 Å². The average Bonchev–Trinajstić information content (AvgIpc) is 2.38. The third-order valence-corrected chi connectivity index (χ3v) is 2.83. The first-order valence-corrected chi connectivity index (χ1v) is 5.97. The molecule has 6 nitrogen and oxygen atoms in total. The van der Waals surface area contributed by atoms with Crippen LogP contribution in [0.15, 0.2) is 37.5 Å². The normalized spacial score (nSPS) is 9.19. The van der Waals surface area contributed by atoms with Crippen molar-refractivity contribution in [1.29, 1.82) is 0 Å². The van der Waals surface area contributed by atoms with E-state index in [2.05, 4.69) is 19.7 Å². The first-order valence-electron chi connectivity index (χ1n) is 5.97. The van der Waals surface area contributed by atoms with E-state index >= 15 is 0 Å². The lowest BCUT2D eigenvalue weighted by atomic mass is 9.75. The molecule has 0 amide bonds. The van der Waals surface area contributed by atoms with Crippen LogP contribution in [0.2, 0.25) is 0 Å². The molecule has 0 rings (SSSR count). The van der Waals surface area contributed by atoms with Gasteiger partial charge < -0.3 is 15.3 Å². The topological polar surface area (TPSA) is 112 Å². The lowest BCUT2D eigenvalue weighted by Crippen LogP contribution is -2.25. The van der Waals surface area contributed by atoms with Crippen molar-refractivity contribution in [2.24, 2.45) is 11.3 Å². The summed E-state index contributed by atoms with van der Waals surface area (Å²) < 4.78 is 0. The van der Waals surface area contributed by atoms with E-state index < -0.39 is 17.9 Å². The summed E-state index contributed by atoms with van der Waals surface area (Å²) in [5.41, 5.74) is -0.0289. The monoisotopic (exact) mass is 300 g/mol. The molecule has 0 heterocycles. The van der Waals surface area contributed by atoms with Crippen molar-refractivity contribution in [3.8, 4) is 0 Å². The maximum atomic E-state index is 10.6. The Balaban J connectivity index is -0.000000270. The molecular formula is C15H24O6. The number of carboxylic acid groups (broad SMARTS) is 3. The fraction of sp³-hybridized carbons (Fsp3) is 0.400. The van der Waals surface area contributed by atoms with Crippen LogP contribution in [0.3, 0.4) is 0 Å². The summed E-state index contributed by atoms with van der Waals surface area (Å²) in [5, 5.41) is 23.9. The van der Waals surface area contributed by atoms with Crippen molar-refractivity contribution in [2.75, 3.05) is 0 Å². The van der Waals surface area contributed by atoms with Gasteiger partial charge in [-0.1, -0.05) is 47.4 Å². The molecule has 0 saturated carbocycles. The van der Waals surface area contributed by atoms with Gasteiger partial charge in [-0.3, -0.25) is 0 Å². The minimum absolute atomic E-state index is 0.285. The highest BCUT2D eigenvalue weighted by Crippen LogP contribution is 2.33. The summed E-state index contributed by atoms with van der Waals surface area (Å²) in [4.78, 5) is 29.1. The van der Waals surface area contributed by atoms with E-state index in [1.165, 1.54) is 0 Å². The van der Waals surface area contributed by atoms with Crippen LogP contribution in [-0.4, -0.2) is 33.2 Å². The SMILES string of the molecule is C=C(C(=O)O)C(C)(C)C(C)C.C=CC(=O)O.C=CC(=O)O. The van der Waals surface area contributed by atoms with E-state index in [1.807, 2.05) is 27.7 Å². The molecule has 0 fully saturated rings. The van der Waals surface area contributed by atoms with Crippen LogP contribution in [0.5, 0.6) is 0 Å². The third kappa shape index (κ3) is 13.9. The Morgan fingerprint density at radius 3 is 1.24 bits per heavy atom. The number of rotatable bonds is 5. The number of carboxylic acids is 3. The van der Waals surface area contributed by atoms with Crippen LogP contribution in [0.1, 0.15) is 27.7 Å². The van der Waals surface area contributed by atoms with Crippen molar-refractivity contribution >= 4 is 17.9 Å². The van der Waals surface area contributed by atoms with E-state index in [1.54, 1.807) is 0 Å². The standard InChI is InChI=1S/C9H16O2.2C3H4O2/c1-6(2)9(4,5)7(3)8(10)11;2*1-2-3(4)5/h6H,3H2,1-2,4-5H3,(H,10,11);2*2H,1H2,(H,4,5). The number of aliphatic carboxylic acids is 3. The van der Waals surface area contributed by atoms with Crippen molar-refractivity contribution in [3.63, 3.8) is 0 Å². The molecule has 0 aromatic carbocycles. The zero-order chi connectivity index (χ0) is 17.8. The van der Waals surface area contributed by atoms with E-state index in [4.69, 9.17) is 15.3 Å². The van der Waals surface area contributed by atoms with Crippen LogP contribution in [-0.2, 0) is 14.4 Å². The molecule has 6 heteroatoms. The Morgan fingerprint density at radius 2 is 1.19 bits per heavy atom. The highest BCUT2D eigenvalue weighted by atomic mass is 16.4. The average molecular weight is 300 g/mol. The van der Waals surface area contributed by atoms with Crippen LogP contribution >= 0.6 is 0 Å². The number of hydrogen-bond acceptors (Lipinski definition) is 3. The molecule has 120 valence electrons. The molecule has 0 aliphatic rings. The van der Waals surface area contributed by atoms with Gasteiger partial charge in [-0.05, 0) is 11.3 Å². The first-order chi connectivity index (χ1) is 9.34. The lowest BCUT2D eigenvalue weighted by Gasteiger charge is -2.28. The fourth-order valence-corrected chi connectivity index (χ4v) is 0.624. The quantitative estimate of drug-likeness (QED) is 0.673. The zero-order valence-corrected chi connectivity index (χ0v) is 12.9. The van der Waals surface area contributed by atoms with Crippen molar-refractivity contribution in [2.45, 2.75) is 27.7 Å². The van der Waals surface area contributed by atoms with Gasteiger partial charge in [-0.25, -0.2) is 14.4 Å². The fourth-order valence-electron chi connectivity index (χ4n) is 0.624. The third-order valence-electron chi connectivity index (χ3n) is 2.83. The Hall–Kier alpha value is -2.37. The maximum absolute atomic E-state index is 10.6. The zero-order valence-electron chi connectivity index (χ0n) is 12.9. The maximum Gasteiger partial charge on any atom is 0.331 e. The van der Waals surface area contributed by atoms with Crippen molar-refractivity contribution in [3.05, 3.63) is 37.5 Å². The Morgan fingerprint density at radius 1 is 0.952 bits per heavy atom. The molecule has 0 atom stereocenters. The van der Waals surface area contributed by atoms with E-state index in [9.17, 15) is 14.4 Å². The van der Waals surface area contributed by atoms with Crippen LogP contribution in [0.25, 0.3) is 0 Å². The molecule has 0 unspecified atom stereocenters. The summed E-state index contributed by atoms with van der Waals surface area (Å²) in [6.07, 6.45) is 1.67. The highest BCUT2D eigenvalue weighted by molar-refractivity contribution is 5.87. The van der Waals surface area contributed by atoms with Gasteiger partial charge in [0.2, 0.25) is 0 Å². The van der Waals surface area contributed by atoms with Gasteiger partial charge >= 0.3 is 17.9 Å².